The van der Waals surface area contributed by atoms with Crippen molar-refractivity contribution in [1.29, 1.82) is 0 Å². The molecule has 1 unspecified atom stereocenters. The first-order valence-corrected chi connectivity index (χ1v) is 7.73. The molecule has 1 N–H and O–H groups in total. The highest BCUT2D eigenvalue weighted by Crippen LogP contribution is 2.29. The van der Waals surface area contributed by atoms with Crippen LogP contribution in [0.4, 0.5) is 4.79 Å². The molecule has 0 bridgehead atoms. The molecule has 1 aliphatic carbocycles. The first-order valence-electron chi connectivity index (χ1n) is 7.73. The maximum atomic E-state index is 12.0. The Kier molecular flexibility index (Phi) is 7.14. The number of nitrogens with one attached hydrogen (secondary N) is 1. The lowest BCUT2D eigenvalue weighted by Gasteiger charge is -2.23. The molecule has 0 saturated heterocycles. The molecular formula is C15H30N2O. The van der Waals surface area contributed by atoms with Crippen LogP contribution in [0.2, 0.25) is 0 Å². The Bertz CT molecular complexity index is 239. The van der Waals surface area contributed by atoms with E-state index in [0.29, 0.717) is 5.92 Å². The van der Waals surface area contributed by atoms with Crippen LogP contribution < -0.4 is 5.32 Å². The molecule has 0 spiro atoms. The Labute approximate surface area is 112 Å². The molecule has 18 heavy (non-hydrogen) atoms. The summed E-state index contributed by atoms with van der Waals surface area (Å²) in [4.78, 5) is 14.0. The molecule has 0 aromatic carbocycles. The fourth-order valence-electron chi connectivity index (χ4n) is 2.25. The van der Waals surface area contributed by atoms with Crippen LogP contribution in [0.15, 0.2) is 0 Å². The molecule has 0 heterocycles. The van der Waals surface area contributed by atoms with Crippen molar-refractivity contribution in [2.45, 2.75) is 59.3 Å². The predicted octanol–water partition coefficient (Wildman–Crippen LogP) is 3.64. The van der Waals surface area contributed by atoms with Gasteiger partial charge < -0.3 is 10.2 Å². The summed E-state index contributed by atoms with van der Waals surface area (Å²) in [5, 5.41) is 3.11. The fourth-order valence-corrected chi connectivity index (χ4v) is 2.25. The smallest absolute Gasteiger partial charge is 0.317 e. The highest BCUT2D eigenvalue weighted by Gasteiger charge is 2.25. The molecule has 1 fully saturated rings. The number of urea groups is 1. The van der Waals surface area contributed by atoms with E-state index in [4.69, 9.17) is 0 Å². The quantitative estimate of drug-likeness (QED) is 0.669. The van der Waals surface area contributed by atoms with E-state index in [1.165, 1.54) is 32.1 Å². The number of amides is 2. The van der Waals surface area contributed by atoms with E-state index >= 15 is 0 Å². The van der Waals surface area contributed by atoms with Gasteiger partial charge in [-0.3, -0.25) is 0 Å². The van der Waals surface area contributed by atoms with E-state index in [0.717, 1.165) is 32.0 Å². The molecule has 1 atom stereocenters. The van der Waals surface area contributed by atoms with E-state index in [1.54, 1.807) is 0 Å². The van der Waals surface area contributed by atoms with Crippen LogP contribution in [0, 0.1) is 11.8 Å². The topological polar surface area (TPSA) is 32.3 Å². The summed E-state index contributed by atoms with van der Waals surface area (Å²) < 4.78 is 0. The van der Waals surface area contributed by atoms with E-state index in [9.17, 15) is 4.79 Å². The lowest BCUT2D eigenvalue weighted by Crippen LogP contribution is -2.42. The second-order valence-electron chi connectivity index (χ2n) is 5.58. The molecule has 0 aromatic heterocycles. The summed E-state index contributed by atoms with van der Waals surface area (Å²) in [6.45, 7) is 9.13. The Morgan fingerprint density at radius 1 is 1.33 bits per heavy atom. The zero-order chi connectivity index (χ0) is 13.4. The van der Waals surface area contributed by atoms with Crippen molar-refractivity contribution < 1.29 is 4.79 Å². The minimum Gasteiger partial charge on any atom is -0.338 e. The molecule has 1 aliphatic rings. The van der Waals surface area contributed by atoms with Gasteiger partial charge in [-0.2, -0.15) is 0 Å². The fraction of sp³-hybridized carbons (Fsp3) is 0.933. The molecule has 2 amide bonds. The van der Waals surface area contributed by atoms with Crippen molar-refractivity contribution in [3.05, 3.63) is 0 Å². The van der Waals surface area contributed by atoms with Gasteiger partial charge in [0.05, 0.1) is 0 Å². The van der Waals surface area contributed by atoms with Crippen molar-refractivity contribution in [3.63, 3.8) is 0 Å². The Balaban J connectivity index is 2.23. The third kappa shape index (κ3) is 5.74. The average Bonchev–Trinajstić information content (AvgIpc) is 3.19. The number of carbonyl (C=O) groups excluding carboxylic acids is 1. The third-order valence-electron chi connectivity index (χ3n) is 3.93. The lowest BCUT2D eigenvalue weighted by atomic mass is 9.99. The lowest BCUT2D eigenvalue weighted by molar-refractivity contribution is 0.195. The first-order chi connectivity index (χ1) is 8.71. The Morgan fingerprint density at radius 2 is 2.06 bits per heavy atom. The van der Waals surface area contributed by atoms with Crippen LogP contribution in [0.25, 0.3) is 0 Å². The minimum atomic E-state index is 0.138. The average molecular weight is 254 g/mol. The third-order valence-corrected chi connectivity index (χ3v) is 3.93. The predicted molar refractivity (Wildman–Crippen MR) is 76.7 cm³/mol. The van der Waals surface area contributed by atoms with E-state index in [-0.39, 0.29) is 6.03 Å². The van der Waals surface area contributed by atoms with Crippen LogP contribution in [-0.2, 0) is 0 Å². The monoisotopic (exact) mass is 254 g/mol. The highest BCUT2D eigenvalue weighted by molar-refractivity contribution is 5.74. The number of rotatable bonds is 9. The van der Waals surface area contributed by atoms with Crippen molar-refractivity contribution in [2.24, 2.45) is 11.8 Å². The summed E-state index contributed by atoms with van der Waals surface area (Å²) in [7, 11) is 0. The zero-order valence-electron chi connectivity index (χ0n) is 12.4. The Hall–Kier alpha value is -0.730. The van der Waals surface area contributed by atoms with Gasteiger partial charge in [-0.15, -0.1) is 0 Å². The SMILES string of the molecule is CCCCC(CC)CNC(=O)N(CC)CC1CC1. The molecule has 0 radical (unpaired) electrons. The van der Waals surface area contributed by atoms with Gasteiger partial charge >= 0.3 is 6.03 Å². The summed E-state index contributed by atoms with van der Waals surface area (Å²) in [5.41, 5.74) is 0. The molecule has 1 rings (SSSR count). The summed E-state index contributed by atoms with van der Waals surface area (Å²) in [6, 6.07) is 0.138. The van der Waals surface area contributed by atoms with E-state index in [1.807, 2.05) is 4.90 Å². The minimum absolute atomic E-state index is 0.138. The second-order valence-corrected chi connectivity index (χ2v) is 5.58. The number of nitrogens with zero attached hydrogens (tertiary/aromatic N) is 1. The van der Waals surface area contributed by atoms with Gasteiger partial charge in [0, 0.05) is 19.6 Å². The molecule has 0 aromatic rings. The number of hydrogen-bond acceptors (Lipinski definition) is 1. The molecule has 3 heteroatoms. The Morgan fingerprint density at radius 3 is 2.56 bits per heavy atom. The molecule has 0 aliphatic heterocycles. The van der Waals surface area contributed by atoms with Gasteiger partial charge in [-0.1, -0.05) is 33.1 Å². The largest absolute Gasteiger partial charge is 0.338 e. The molecule has 1 saturated carbocycles. The molecule has 106 valence electrons. The van der Waals surface area contributed by atoms with Crippen LogP contribution in [0.5, 0.6) is 0 Å². The van der Waals surface area contributed by atoms with Gasteiger partial charge in [-0.25, -0.2) is 4.79 Å². The van der Waals surface area contributed by atoms with Crippen LogP contribution in [0.3, 0.4) is 0 Å². The van der Waals surface area contributed by atoms with E-state index in [2.05, 4.69) is 26.1 Å². The van der Waals surface area contributed by atoms with Crippen molar-refractivity contribution in [3.8, 4) is 0 Å². The van der Waals surface area contributed by atoms with Crippen LogP contribution in [-0.4, -0.2) is 30.6 Å². The number of carbonyl (C=O) groups is 1. The highest BCUT2D eigenvalue weighted by atomic mass is 16.2. The van der Waals surface area contributed by atoms with Gasteiger partial charge in [-0.05, 0) is 38.0 Å². The summed E-state index contributed by atoms with van der Waals surface area (Å²) >= 11 is 0. The van der Waals surface area contributed by atoms with Crippen LogP contribution in [0.1, 0.15) is 59.3 Å². The van der Waals surface area contributed by atoms with Gasteiger partial charge in [0.15, 0.2) is 0 Å². The van der Waals surface area contributed by atoms with Gasteiger partial charge in [0.2, 0.25) is 0 Å². The molecule has 3 nitrogen and oxygen atoms in total. The molecular weight excluding hydrogens is 224 g/mol. The summed E-state index contributed by atoms with van der Waals surface area (Å²) in [6.07, 6.45) is 7.52. The van der Waals surface area contributed by atoms with Crippen LogP contribution >= 0.6 is 0 Å². The van der Waals surface area contributed by atoms with E-state index < -0.39 is 0 Å². The number of hydrogen-bond donors (Lipinski definition) is 1. The normalized spacial score (nSPS) is 16.4. The van der Waals surface area contributed by atoms with Gasteiger partial charge in [0.1, 0.15) is 0 Å². The summed E-state index contributed by atoms with van der Waals surface area (Å²) in [5.74, 6) is 1.42. The maximum Gasteiger partial charge on any atom is 0.317 e. The maximum absolute atomic E-state index is 12.0. The van der Waals surface area contributed by atoms with Gasteiger partial charge in [0.25, 0.3) is 0 Å². The standard InChI is InChI=1S/C15H30N2O/c1-4-7-8-13(5-2)11-16-15(18)17(6-3)12-14-9-10-14/h13-14H,4-12H2,1-3H3,(H,16,18). The number of unbranched alkanes of at least 4 members (excludes halogenated alkanes) is 1. The first kappa shape index (κ1) is 15.3. The van der Waals surface area contributed by atoms with Crippen molar-refractivity contribution in [2.75, 3.05) is 19.6 Å². The van der Waals surface area contributed by atoms with Crippen molar-refractivity contribution in [1.82, 2.24) is 10.2 Å². The zero-order valence-corrected chi connectivity index (χ0v) is 12.4. The second kappa shape index (κ2) is 8.39. The van der Waals surface area contributed by atoms with Crippen molar-refractivity contribution >= 4 is 6.03 Å².